The van der Waals surface area contributed by atoms with Crippen LogP contribution in [0.2, 0.25) is 0 Å². The number of benzene rings is 3. The lowest BCUT2D eigenvalue weighted by Gasteiger charge is -2.15. The number of nitrogens with zero attached hydrogens (tertiary/aromatic N) is 2. The van der Waals surface area contributed by atoms with Gasteiger partial charge in [-0.1, -0.05) is 60.7 Å². The van der Waals surface area contributed by atoms with Crippen LogP contribution in [0.15, 0.2) is 88.5 Å². The summed E-state index contributed by atoms with van der Waals surface area (Å²) in [6, 6.07) is 20.5. The minimum absolute atomic E-state index is 0.143. The Balaban J connectivity index is 1.71. The van der Waals surface area contributed by atoms with E-state index in [0.717, 1.165) is 16.7 Å². The number of hydrogen-bond donors (Lipinski definition) is 1. The Kier molecular flexibility index (Phi) is 6.94. The molecular weight excluding hydrogens is 435 g/mol. The first kappa shape index (κ1) is 23.1. The largest absolute Gasteiger partial charge is 0.388 e. The van der Waals surface area contributed by atoms with Crippen LogP contribution in [0.5, 0.6) is 0 Å². The maximum atomic E-state index is 14.0. The molecule has 0 bridgehead atoms. The molecule has 4 rings (SSSR count). The van der Waals surface area contributed by atoms with Gasteiger partial charge in [0.1, 0.15) is 12.4 Å². The molecule has 0 aliphatic carbocycles. The van der Waals surface area contributed by atoms with Gasteiger partial charge >= 0.3 is 5.69 Å². The number of aliphatic hydroxyl groups excluding tert-OH is 1. The summed E-state index contributed by atoms with van der Waals surface area (Å²) in [5, 5.41) is 9.09. The summed E-state index contributed by atoms with van der Waals surface area (Å²) in [6.45, 7) is -0.206. The number of carbonyl (C=O) groups excluding carboxylic acids is 1. The van der Waals surface area contributed by atoms with Gasteiger partial charge in [-0.25, -0.2) is 9.18 Å². The van der Waals surface area contributed by atoms with Gasteiger partial charge in [0.2, 0.25) is 0 Å². The zero-order chi connectivity index (χ0) is 24.1. The summed E-state index contributed by atoms with van der Waals surface area (Å²) in [5.74, 6) is -0.932. The van der Waals surface area contributed by atoms with Gasteiger partial charge in [0.15, 0.2) is 5.78 Å². The Hall–Kier alpha value is -4.10. The van der Waals surface area contributed by atoms with Gasteiger partial charge in [-0.2, -0.15) is 0 Å². The molecule has 1 N–H and O–H groups in total. The zero-order valence-electron chi connectivity index (χ0n) is 18.4. The number of rotatable bonds is 8. The van der Waals surface area contributed by atoms with Gasteiger partial charge in [0.05, 0.1) is 17.4 Å². The smallest absolute Gasteiger partial charge is 0.331 e. The SMILES string of the molecule is O=C(/C=C/c1ccc(Cn2c(=O)n(CCc3ccccc3)c(=O)c3ccc(F)cc32)cc1)CO. The molecule has 0 amide bonds. The highest BCUT2D eigenvalue weighted by atomic mass is 19.1. The molecule has 0 saturated carbocycles. The lowest BCUT2D eigenvalue weighted by atomic mass is 10.1. The molecular formula is C27H23FN2O4. The van der Waals surface area contributed by atoms with Crippen LogP contribution in [0.3, 0.4) is 0 Å². The summed E-state index contributed by atoms with van der Waals surface area (Å²) >= 11 is 0. The first-order valence-electron chi connectivity index (χ1n) is 10.8. The van der Waals surface area contributed by atoms with E-state index in [4.69, 9.17) is 5.11 Å². The first-order chi connectivity index (χ1) is 16.5. The second kappa shape index (κ2) is 10.2. The molecule has 1 heterocycles. The lowest BCUT2D eigenvalue weighted by molar-refractivity contribution is -0.117. The third-order valence-corrected chi connectivity index (χ3v) is 5.59. The standard InChI is InChI=1S/C27H23FN2O4/c28-22-11-13-24-25(16-22)30(17-21-8-6-20(7-9-21)10-12-23(32)18-31)27(34)29(26(24)33)15-14-19-4-2-1-3-5-19/h1-13,16,31H,14-15,17-18H2/b12-10+. The maximum Gasteiger partial charge on any atom is 0.331 e. The van der Waals surface area contributed by atoms with E-state index in [1.807, 2.05) is 30.3 Å². The fraction of sp³-hybridized carbons (Fsp3) is 0.148. The monoisotopic (exact) mass is 458 g/mol. The normalized spacial score (nSPS) is 11.4. The molecule has 0 spiro atoms. The summed E-state index contributed by atoms with van der Waals surface area (Å²) in [4.78, 5) is 37.7. The fourth-order valence-electron chi connectivity index (χ4n) is 3.78. The van der Waals surface area contributed by atoms with Crippen molar-refractivity contribution in [3.8, 4) is 0 Å². The minimum atomic E-state index is -0.554. The van der Waals surface area contributed by atoms with Crippen molar-refractivity contribution in [2.75, 3.05) is 6.61 Å². The van der Waals surface area contributed by atoms with Gasteiger partial charge < -0.3 is 5.11 Å². The van der Waals surface area contributed by atoms with Crippen molar-refractivity contribution in [2.24, 2.45) is 0 Å². The summed E-state index contributed by atoms with van der Waals surface area (Å²) in [7, 11) is 0. The van der Waals surface area contributed by atoms with Crippen molar-refractivity contribution in [2.45, 2.75) is 19.5 Å². The van der Waals surface area contributed by atoms with Crippen LogP contribution in [0, 0.1) is 5.82 Å². The predicted molar refractivity (Wildman–Crippen MR) is 129 cm³/mol. The van der Waals surface area contributed by atoms with E-state index in [1.165, 1.54) is 33.4 Å². The number of aryl methyl sites for hydroxylation is 1. The summed E-state index contributed by atoms with van der Waals surface area (Å²) in [5.41, 5.74) is 1.82. The molecule has 34 heavy (non-hydrogen) atoms. The number of aliphatic hydroxyl groups is 1. The number of hydrogen-bond acceptors (Lipinski definition) is 4. The molecule has 0 aliphatic rings. The van der Waals surface area contributed by atoms with Crippen LogP contribution in [-0.2, 0) is 24.3 Å². The van der Waals surface area contributed by atoms with Crippen LogP contribution >= 0.6 is 0 Å². The van der Waals surface area contributed by atoms with Crippen LogP contribution in [0.1, 0.15) is 16.7 Å². The molecule has 0 radical (unpaired) electrons. The number of carbonyl (C=O) groups is 1. The summed E-state index contributed by atoms with van der Waals surface area (Å²) < 4.78 is 16.7. The van der Waals surface area contributed by atoms with E-state index >= 15 is 0 Å². The highest BCUT2D eigenvalue weighted by Crippen LogP contribution is 2.14. The Morgan fingerprint density at radius 1 is 0.912 bits per heavy atom. The predicted octanol–water partition coefficient (Wildman–Crippen LogP) is 3.17. The van der Waals surface area contributed by atoms with Crippen molar-refractivity contribution < 1.29 is 14.3 Å². The van der Waals surface area contributed by atoms with E-state index in [0.29, 0.717) is 6.42 Å². The van der Waals surface area contributed by atoms with E-state index < -0.39 is 29.5 Å². The maximum absolute atomic E-state index is 14.0. The minimum Gasteiger partial charge on any atom is -0.388 e. The average molecular weight is 458 g/mol. The Labute approximate surface area is 194 Å². The molecule has 0 saturated heterocycles. The van der Waals surface area contributed by atoms with Crippen LogP contribution in [-0.4, -0.2) is 26.6 Å². The van der Waals surface area contributed by atoms with E-state index in [1.54, 1.807) is 30.3 Å². The van der Waals surface area contributed by atoms with Crippen molar-refractivity contribution >= 4 is 22.8 Å². The van der Waals surface area contributed by atoms with E-state index in [2.05, 4.69) is 0 Å². The molecule has 3 aromatic carbocycles. The molecule has 4 aromatic rings. The Morgan fingerprint density at radius 3 is 2.35 bits per heavy atom. The van der Waals surface area contributed by atoms with E-state index in [9.17, 15) is 18.8 Å². The highest BCUT2D eigenvalue weighted by Gasteiger charge is 2.14. The lowest BCUT2D eigenvalue weighted by Crippen LogP contribution is -2.40. The van der Waals surface area contributed by atoms with Crippen molar-refractivity contribution in [1.82, 2.24) is 9.13 Å². The Bertz CT molecular complexity index is 1470. The van der Waals surface area contributed by atoms with Crippen molar-refractivity contribution in [3.05, 3.63) is 122 Å². The number of aromatic nitrogens is 2. The molecule has 0 unspecified atom stereocenters. The number of ketones is 1. The second-order valence-electron chi connectivity index (χ2n) is 7.92. The average Bonchev–Trinajstić information content (AvgIpc) is 2.86. The van der Waals surface area contributed by atoms with Crippen molar-refractivity contribution in [3.63, 3.8) is 0 Å². The highest BCUT2D eigenvalue weighted by molar-refractivity contribution is 5.94. The number of fused-ring (bicyclic) bond motifs is 1. The molecule has 7 heteroatoms. The summed E-state index contributed by atoms with van der Waals surface area (Å²) in [6.07, 6.45) is 3.39. The van der Waals surface area contributed by atoms with Gasteiger partial charge in [-0.15, -0.1) is 0 Å². The molecule has 0 aliphatic heterocycles. The van der Waals surface area contributed by atoms with Crippen LogP contribution in [0.25, 0.3) is 17.0 Å². The van der Waals surface area contributed by atoms with Gasteiger partial charge in [0.25, 0.3) is 5.56 Å². The molecule has 0 fully saturated rings. The molecule has 1 aromatic heterocycles. The van der Waals surface area contributed by atoms with Crippen molar-refractivity contribution in [1.29, 1.82) is 0 Å². The third kappa shape index (κ3) is 5.10. The van der Waals surface area contributed by atoms with Gasteiger partial charge in [-0.05, 0) is 47.4 Å². The van der Waals surface area contributed by atoms with E-state index in [-0.39, 0.29) is 24.0 Å². The first-order valence-corrected chi connectivity index (χ1v) is 10.8. The van der Waals surface area contributed by atoms with Gasteiger partial charge in [0, 0.05) is 6.54 Å². The Morgan fingerprint density at radius 2 is 1.65 bits per heavy atom. The van der Waals surface area contributed by atoms with Gasteiger partial charge in [-0.3, -0.25) is 18.7 Å². The molecule has 172 valence electrons. The fourth-order valence-corrected chi connectivity index (χ4v) is 3.78. The molecule has 6 nitrogen and oxygen atoms in total. The number of halogens is 1. The zero-order valence-corrected chi connectivity index (χ0v) is 18.4. The van der Waals surface area contributed by atoms with Crippen LogP contribution < -0.4 is 11.2 Å². The molecule has 0 atom stereocenters. The third-order valence-electron chi connectivity index (χ3n) is 5.59. The van der Waals surface area contributed by atoms with Crippen LogP contribution in [0.4, 0.5) is 4.39 Å². The second-order valence-corrected chi connectivity index (χ2v) is 7.92. The quantitative estimate of drug-likeness (QED) is 0.411. The topological polar surface area (TPSA) is 81.3 Å².